The van der Waals surface area contributed by atoms with E-state index in [4.69, 9.17) is 9.84 Å². The number of anilines is 1. The summed E-state index contributed by atoms with van der Waals surface area (Å²) in [5.41, 5.74) is 0.120. The quantitative estimate of drug-likeness (QED) is 0.289. The second-order valence-corrected chi connectivity index (χ2v) is 10.3. The molecule has 1 saturated carbocycles. The average molecular weight is 572 g/mol. The molecular formula is C23H24F3IN4O2. The molecule has 33 heavy (non-hydrogen) atoms. The number of carbonyl (C=O) groups excluding carboxylic acids is 1. The van der Waals surface area contributed by atoms with Crippen molar-refractivity contribution in [1.82, 2.24) is 14.8 Å². The van der Waals surface area contributed by atoms with Gasteiger partial charge in [-0.15, -0.1) is 0 Å². The van der Waals surface area contributed by atoms with Crippen LogP contribution in [0.25, 0.3) is 10.9 Å². The Morgan fingerprint density at radius 1 is 1.24 bits per heavy atom. The molecule has 1 aliphatic rings. The topological polar surface area (TPSA) is 69.0 Å². The van der Waals surface area contributed by atoms with E-state index in [9.17, 15) is 18.0 Å². The van der Waals surface area contributed by atoms with E-state index in [2.05, 4.69) is 39.8 Å². The summed E-state index contributed by atoms with van der Waals surface area (Å²) in [6, 6.07) is 5.73. The molecule has 10 heteroatoms. The number of hydrogen-bond acceptors (Lipinski definition) is 4. The summed E-state index contributed by atoms with van der Waals surface area (Å²) >= 11 is 2.50. The summed E-state index contributed by atoms with van der Waals surface area (Å²) in [7, 11) is 1.48. The number of pyridine rings is 1. The number of amides is 1. The molecule has 1 aromatic carbocycles. The van der Waals surface area contributed by atoms with Gasteiger partial charge in [0.25, 0.3) is 5.91 Å². The van der Waals surface area contributed by atoms with Crippen molar-refractivity contribution >= 4 is 45.1 Å². The molecule has 1 amide bonds. The number of aromatic nitrogens is 3. The number of alkyl halides is 4. The molecule has 1 N–H and O–H groups in total. The first-order chi connectivity index (χ1) is 15.7. The van der Waals surface area contributed by atoms with Gasteiger partial charge in [-0.05, 0) is 49.8 Å². The molecule has 0 saturated heterocycles. The van der Waals surface area contributed by atoms with Crippen LogP contribution in [0, 0.1) is 5.92 Å². The molecule has 3 aromatic rings. The number of benzene rings is 1. The molecule has 176 valence electrons. The van der Waals surface area contributed by atoms with Crippen LogP contribution in [0.3, 0.4) is 0 Å². The highest BCUT2D eigenvalue weighted by atomic mass is 127. The zero-order valence-corrected chi connectivity index (χ0v) is 20.4. The molecule has 1 unspecified atom stereocenters. The third-order valence-electron chi connectivity index (χ3n) is 6.18. The molecule has 0 aliphatic heterocycles. The van der Waals surface area contributed by atoms with Crippen molar-refractivity contribution in [1.29, 1.82) is 0 Å². The molecule has 1 fully saturated rings. The fourth-order valence-electron chi connectivity index (χ4n) is 4.23. The Balaban J connectivity index is 1.54. The minimum absolute atomic E-state index is 0.123. The van der Waals surface area contributed by atoms with E-state index in [0.29, 0.717) is 27.6 Å². The average Bonchev–Trinajstić information content (AvgIpc) is 3.21. The summed E-state index contributed by atoms with van der Waals surface area (Å²) in [6.07, 6.45) is 2.61. The SMILES string of the molecule is COc1cc2nn([C@H]3CC[C@H](C(C)I)CC3)cc2cc1NC(=O)c1ccc(C(F)(F)F)cn1. The largest absolute Gasteiger partial charge is 0.494 e. The van der Waals surface area contributed by atoms with Gasteiger partial charge in [-0.25, -0.2) is 0 Å². The van der Waals surface area contributed by atoms with Crippen molar-refractivity contribution < 1.29 is 22.7 Å². The molecule has 4 rings (SSSR count). The molecule has 0 radical (unpaired) electrons. The number of nitrogens with zero attached hydrogens (tertiary/aromatic N) is 3. The van der Waals surface area contributed by atoms with Crippen LogP contribution in [-0.4, -0.2) is 31.7 Å². The zero-order valence-electron chi connectivity index (χ0n) is 18.2. The van der Waals surface area contributed by atoms with Crippen LogP contribution in [0.1, 0.15) is 54.7 Å². The van der Waals surface area contributed by atoms with Crippen molar-refractivity contribution in [3.8, 4) is 5.75 Å². The second kappa shape index (κ2) is 9.47. The summed E-state index contributed by atoms with van der Waals surface area (Å²) < 4.78 is 46.3. The van der Waals surface area contributed by atoms with Gasteiger partial charge < -0.3 is 10.1 Å². The molecule has 6 nitrogen and oxygen atoms in total. The third kappa shape index (κ3) is 5.25. The number of hydrogen-bond donors (Lipinski definition) is 1. The number of carbonyl (C=O) groups is 1. The van der Waals surface area contributed by atoms with Crippen LogP contribution in [0.5, 0.6) is 5.75 Å². The van der Waals surface area contributed by atoms with Crippen molar-refractivity contribution in [2.75, 3.05) is 12.4 Å². The van der Waals surface area contributed by atoms with Crippen molar-refractivity contribution in [3.05, 3.63) is 47.9 Å². The van der Waals surface area contributed by atoms with Crippen LogP contribution < -0.4 is 10.1 Å². The van der Waals surface area contributed by atoms with E-state index in [1.165, 1.54) is 20.0 Å². The van der Waals surface area contributed by atoms with E-state index in [1.807, 2.05) is 10.9 Å². The van der Waals surface area contributed by atoms with Gasteiger partial charge in [0.15, 0.2) is 0 Å². The van der Waals surface area contributed by atoms with Gasteiger partial charge in [0.05, 0.1) is 29.9 Å². The van der Waals surface area contributed by atoms with Crippen molar-refractivity contribution in [3.63, 3.8) is 0 Å². The minimum atomic E-state index is -4.51. The van der Waals surface area contributed by atoms with Gasteiger partial charge in [-0.2, -0.15) is 18.3 Å². The Hall–Kier alpha value is -2.37. The third-order valence-corrected chi connectivity index (χ3v) is 7.20. The van der Waals surface area contributed by atoms with Crippen molar-refractivity contribution in [2.45, 2.75) is 48.7 Å². The van der Waals surface area contributed by atoms with E-state index < -0.39 is 17.6 Å². The van der Waals surface area contributed by atoms with Gasteiger partial charge in [0.1, 0.15) is 11.4 Å². The Morgan fingerprint density at radius 3 is 2.55 bits per heavy atom. The zero-order chi connectivity index (χ0) is 23.8. The first-order valence-corrected chi connectivity index (χ1v) is 12.0. The fraction of sp³-hybridized carbons (Fsp3) is 0.435. The lowest BCUT2D eigenvalue weighted by Crippen LogP contribution is -2.22. The second-order valence-electron chi connectivity index (χ2n) is 8.35. The maximum atomic E-state index is 12.7. The summed E-state index contributed by atoms with van der Waals surface area (Å²) in [6.45, 7) is 2.26. The van der Waals surface area contributed by atoms with Crippen LogP contribution in [0.15, 0.2) is 36.7 Å². The number of ether oxygens (including phenoxy) is 1. The minimum Gasteiger partial charge on any atom is -0.494 e. The predicted molar refractivity (Wildman–Crippen MR) is 128 cm³/mol. The standard InChI is InChI=1S/C23H24F3IN4O2/c1-13(27)14-3-6-17(7-4-14)31-12-15-9-20(21(33-2)10-19(15)30-31)29-22(32)18-8-5-16(11-28-18)23(24,25)26/h5,8-14,17H,3-4,6-7H2,1-2H3,(H,29,32)/t13?,14-,17-. The monoisotopic (exact) mass is 572 g/mol. The molecule has 2 aromatic heterocycles. The first-order valence-electron chi connectivity index (χ1n) is 10.7. The maximum Gasteiger partial charge on any atom is 0.417 e. The van der Waals surface area contributed by atoms with Crippen LogP contribution in [-0.2, 0) is 6.18 Å². The summed E-state index contributed by atoms with van der Waals surface area (Å²) in [5, 5.41) is 8.26. The molecular weight excluding hydrogens is 548 g/mol. The van der Waals surface area contributed by atoms with Crippen LogP contribution >= 0.6 is 22.6 Å². The number of rotatable bonds is 5. The normalized spacial score (nSPS) is 19.9. The Bertz CT molecular complexity index is 1140. The maximum absolute atomic E-state index is 12.7. The summed E-state index contributed by atoms with van der Waals surface area (Å²) in [4.78, 5) is 16.2. The van der Waals surface area contributed by atoms with Gasteiger partial charge in [0.2, 0.25) is 0 Å². The number of fused-ring (bicyclic) bond motifs is 1. The van der Waals surface area contributed by atoms with Crippen molar-refractivity contribution in [2.24, 2.45) is 5.92 Å². The van der Waals surface area contributed by atoms with E-state index >= 15 is 0 Å². The predicted octanol–water partition coefficient (Wildman–Crippen LogP) is 6.27. The smallest absolute Gasteiger partial charge is 0.417 e. The Labute approximate surface area is 203 Å². The highest BCUT2D eigenvalue weighted by Crippen LogP contribution is 2.37. The molecule has 0 spiro atoms. The van der Waals surface area contributed by atoms with E-state index in [0.717, 1.165) is 41.8 Å². The number of methoxy groups -OCH3 is 1. The molecule has 2 heterocycles. The molecule has 1 aliphatic carbocycles. The Kier molecular flexibility index (Phi) is 6.83. The summed E-state index contributed by atoms with van der Waals surface area (Å²) in [5.74, 6) is 0.531. The molecule has 1 atom stereocenters. The fourth-order valence-corrected chi connectivity index (χ4v) is 4.95. The van der Waals surface area contributed by atoms with Gasteiger partial charge in [-0.3, -0.25) is 14.5 Å². The van der Waals surface area contributed by atoms with Crippen LogP contribution in [0.4, 0.5) is 18.9 Å². The van der Waals surface area contributed by atoms with Gasteiger partial charge in [0, 0.05) is 27.8 Å². The van der Waals surface area contributed by atoms with Gasteiger partial charge in [-0.1, -0.05) is 29.5 Å². The van der Waals surface area contributed by atoms with Gasteiger partial charge >= 0.3 is 6.18 Å². The van der Waals surface area contributed by atoms with Crippen LogP contribution in [0.2, 0.25) is 0 Å². The highest BCUT2D eigenvalue weighted by Gasteiger charge is 2.31. The number of halogens is 4. The first kappa shape index (κ1) is 23.8. The highest BCUT2D eigenvalue weighted by molar-refractivity contribution is 14.1. The molecule has 0 bridgehead atoms. The number of nitrogens with one attached hydrogen (secondary N) is 1. The van der Waals surface area contributed by atoms with E-state index in [1.54, 1.807) is 12.1 Å². The lowest BCUT2D eigenvalue weighted by Gasteiger charge is -2.30. The lowest BCUT2D eigenvalue weighted by molar-refractivity contribution is -0.137. The van der Waals surface area contributed by atoms with E-state index in [-0.39, 0.29) is 5.69 Å². The lowest BCUT2D eigenvalue weighted by atomic mass is 9.84. The Morgan fingerprint density at radius 2 is 1.97 bits per heavy atom.